The first-order chi connectivity index (χ1) is 19.4. The fourth-order valence-corrected chi connectivity index (χ4v) is 6.75. The zero-order valence-electron chi connectivity index (χ0n) is 21.1. The van der Waals surface area contributed by atoms with Crippen molar-refractivity contribution in [3.8, 4) is 39.1 Å². The van der Waals surface area contributed by atoms with Crippen molar-refractivity contribution in [2.75, 3.05) is 0 Å². The van der Waals surface area contributed by atoms with Crippen LogP contribution in [0.4, 0.5) is 0 Å². The normalized spacial score (nSPS) is 12.1. The Hall–Kier alpha value is -5.21. The molecule has 0 unspecified atom stereocenters. The van der Waals surface area contributed by atoms with Crippen LogP contribution >= 0.6 is 0 Å². The van der Waals surface area contributed by atoms with E-state index in [-0.39, 0.29) is 0 Å². The number of aromatic nitrogens is 2. The Morgan fingerprint density at radius 2 is 1.18 bits per heavy atom. The molecular weight excluding hydrogens is 472 g/mol. The molecule has 0 N–H and O–H groups in total. The highest BCUT2D eigenvalue weighted by molar-refractivity contribution is 6.21. The second-order valence-electron chi connectivity index (χ2n) is 10.4. The van der Waals surface area contributed by atoms with Gasteiger partial charge in [-0.05, 0) is 85.3 Å². The van der Waals surface area contributed by atoms with Gasteiger partial charge < -0.3 is 0 Å². The summed E-state index contributed by atoms with van der Waals surface area (Å²) in [5.74, 6) is 0. The van der Waals surface area contributed by atoms with Crippen molar-refractivity contribution in [1.29, 1.82) is 0 Å². The predicted octanol–water partition coefficient (Wildman–Crippen LogP) is 9.80. The Morgan fingerprint density at radius 1 is 0.462 bits per heavy atom. The zero-order valence-corrected chi connectivity index (χ0v) is 21.1. The minimum absolute atomic E-state index is 0.983. The van der Waals surface area contributed by atoms with Crippen molar-refractivity contribution in [2.45, 2.75) is 0 Å². The quantitative estimate of drug-likeness (QED) is 0.234. The number of hydrogen-bond donors (Lipinski definition) is 0. The average molecular weight is 495 g/mol. The molecule has 2 nitrogen and oxygen atoms in total. The highest BCUT2D eigenvalue weighted by Gasteiger charge is 2.22. The van der Waals surface area contributed by atoms with Gasteiger partial charge in [0.15, 0.2) is 0 Å². The molecule has 0 radical (unpaired) electrons. The summed E-state index contributed by atoms with van der Waals surface area (Å²) >= 11 is 0. The molecule has 1 aliphatic rings. The van der Waals surface area contributed by atoms with Gasteiger partial charge in [-0.15, -0.1) is 0 Å². The SMILES string of the molecule is c1cc(-c2ccc3c4c(cccc24)-c2ccccc2-3)cc(-n2c3ccc4ccccc4c3c3cccnc32)c1. The third-order valence-corrected chi connectivity index (χ3v) is 8.38. The first-order valence-electron chi connectivity index (χ1n) is 13.4. The Labute approximate surface area is 225 Å². The maximum absolute atomic E-state index is 4.87. The van der Waals surface area contributed by atoms with Gasteiger partial charge in [-0.2, -0.15) is 0 Å². The largest absolute Gasteiger partial charge is 0.294 e. The van der Waals surface area contributed by atoms with Crippen molar-refractivity contribution in [2.24, 2.45) is 0 Å². The Bertz CT molecular complexity index is 2260. The summed E-state index contributed by atoms with van der Waals surface area (Å²) in [5.41, 5.74) is 11.0. The van der Waals surface area contributed by atoms with Gasteiger partial charge in [0.1, 0.15) is 5.65 Å². The Morgan fingerprint density at radius 3 is 2.10 bits per heavy atom. The summed E-state index contributed by atoms with van der Waals surface area (Å²) in [4.78, 5) is 4.87. The number of fused-ring (bicyclic) bond motifs is 8. The molecule has 9 rings (SSSR count). The van der Waals surface area contributed by atoms with Crippen LogP contribution in [0.1, 0.15) is 0 Å². The third kappa shape index (κ3) is 2.78. The first-order valence-corrected chi connectivity index (χ1v) is 13.4. The number of rotatable bonds is 2. The molecule has 0 fully saturated rings. The monoisotopic (exact) mass is 494 g/mol. The second-order valence-corrected chi connectivity index (χ2v) is 10.4. The zero-order chi connectivity index (χ0) is 25.5. The van der Waals surface area contributed by atoms with E-state index in [9.17, 15) is 0 Å². The third-order valence-electron chi connectivity index (χ3n) is 8.38. The van der Waals surface area contributed by atoms with Crippen LogP contribution in [0.25, 0.3) is 82.5 Å². The molecule has 39 heavy (non-hydrogen) atoms. The van der Waals surface area contributed by atoms with E-state index >= 15 is 0 Å². The van der Waals surface area contributed by atoms with E-state index in [1.165, 1.54) is 71.2 Å². The van der Waals surface area contributed by atoms with Crippen molar-refractivity contribution in [1.82, 2.24) is 9.55 Å². The van der Waals surface area contributed by atoms with Gasteiger partial charge in [-0.25, -0.2) is 4.98 Å². The Balaban J connectivity index is 1.31. The molecule has 8 aromatic rings. The van der Waals surface area contributed by atoms with E-state index in [2.05, 4.69) is 126 Å². The van der Waals surface area contributed by atoms with Crippen LogP contribution in [0.3, 0.4) is 0 Å². The van der Waals surface area contributed by atoms with Crippen LogP contribution in [-0.2, 0) is 0 Å². The van der Waals surface area contributed by atoms with Crippen molar-refractivity contribution in [3.05, 3.63) is 134 Å². The molecule has 0 atom stereocenters. The molecule has 0 saturated heterocycles. The van der Waals surface area contributed by atoms with Crippen LogP contribution < -0.4 is 0 Å². The number of pyridine rings is 1. The minimum atomic E-state index is 0.983. The molecule has 0 spiro atoms. The van der Waals surface area contributed by atoms with Crippen LogP contribution in [-0.4, -0.2) is 9.55 Å². The fourth-order valence-electron chi connectivity index (χ4n) is 6.75. The molecule has 1 aliphatic carbocycles. The molecule has 0 saturated carbocycles. The average Bonchev–Trinajstić information content (AvgIpc) is 3.52. The molecule has 0 amide bonds. The molecular formula is C37H22N2. The van der Waals surface area contributed by atoms with Gasteiger partial charge in [-0.1, -0.05) is 97.1 Å². The molecule has 0 bridgehead atoms. The van der Waals surface area contributed by atoms with E-state index in [1.54, 1.807) is 0 Å². The van der Waals surface area contributed by atoms with Gasteiger partial charge in [-0.3, -0.25) is 4.57 Å². The van der Waals surface area contributed by atoms with E-state index in [0.29, 0.717) is 0 Å². The van der Waals surface area contributed by atoms with E-state index in [0.717, 1.165) is 11.3 Å². The van der Waals surface area contributed by atoms with Crippen LogP contribution in [0, 0.1) is 0 Å². The van der Waals surface area contributed by atoms with Gasteiger partial charge >= 0.3 is 0 Å². The fraction of sp³-hybridized carbons (Fsp3) is 0. The van der Waals surface area contributed by atoms with Crippen LogP contribution in [0.15, 0.2) is 134 Å². The number of hydrogen-bond acceptors (Lipinski definition) is 1. The molecule has 6 aromatic carbocycles. The predicted molar refractivity (Wildman–Crippen MR) is 163 cm³/mol. The van der Waals surface area contributed by atoms with E-state index in [4.69, 9.17) is 4.98 Å². The lowest BCUT2D eigenvalue weighted by atomic mass is 9.94. The maximum atomic E-state index is 4.87. The molecule has 180 valence electrons. The summed E-state index contributed by atoms with van der Waals surface area (Å²) in [5, 5.41) is 7.59. The van der Waals surface area contributed by atoms with Gasteiger partial charge in [0, 0.05) is 22.7 Å². The molecule has 0 aliphatic heterocycles. The second kappa shape index (κ2) is 7.66. The first kappa shape index (κ1) is 20.8. The van der Waals surface area contributed by atoms with Crippen LogP contribution in [0.2, 0.25) is 0 Å². The smallest absolute Gasteiger partial charge is 0.145 e. The lowest BCUT2D eigenvalue weighted by Crippen LogP contribution is -1.96. The molecule has 2 heterocycles. The van der Waals surface area contributed by atoms with Crippen molar-refractivity contribution in [3.63, 3.8) is 0 Å². The molecule has 2 heteroatoms. The summed E-state index contributed by atoms with van der Waals surface area (Å²) in [6, 6.07) is 46.3. The lowest BCUT2D eigenvalue weighted by molar-refractivity contribution is 1.14. The lowest BCUT2D eigenvalue weighted by Gasteiger charge is -2.13. The minimum Gasteiger partial charge on any atom is -0.294 e. The van der Waals surface area contributed by atoms with E-state index in [1.807, 2.05) is 12.3 Å². The molecule has 2 aromatic heterocycles. The maximum Gasteiger partial charge on any atom is 0.145 e. The van der Waals surface area contributed by atoms with E-state index < -0.39 is 0 Å². The van der Waals surface area contributed by atoms with Crippen LogP contribution in [0.5, 0.6) is 0 Å². The van der Waals surface area contributed by atoms with Crippen molar-refractivity contribution >= 4 is 43.5 Å². The van der Waals surface area contributed by atoms with Gasteiger partial charge in [0.2, 0.25) is 0 Å². The topological polar surface area (TPSA) is 17.8 Å². The summed E-state index contributed by atoms with van der Waals surface area (Å²) < 4.78 is 2.32. The summed E-state index contributed by atoms with van der Waals surface area (Å²) in [7, 11) is 0. The summed E-state index contributed by atoms with van der Waals surface area (Å²) in [6.45, 7) is 0. The van der Waals surface area contributed by atoms with Gasteiger partial charge in [0.25, 0.3) is 0 Å². The van der Waals surface area contributed by atoms with Crippen molar-refractivity contribution < 1.29 is 0 Å². The summed E-state index contributed by atoms with van der Waals surface area (Å²) in [6.07, 6.45) is 1.89. The standard InChI is InChI=1S/C37H22N2/c1-2-11-27-23(8-1)17-20-34-36(27)33-16-7-21-38-37(33)39(34)25-10-5-9-24(22-25)26-18-19-32-29-13-4-3-12-28(29)31-15-6-14-30(26)35(31)32/h1-22H. The highest BCUT2D eigenvalue weighted by atomic mass is 15.0. The highest BCUT2D eigenvalue weighted by Crippen LogP contribution is 2.49. The number of benzene rings is 6. The van der Waals surface area contributed by atoms with Gasteiger partial charge in [0.05, 0.1) is 5.52 Å². The Kier molecular flexibility index (Phi) is 4.08. The number of nitrogens with zero attached hydrogens (tertiary/aromatic N) is 2.